The second-order valence-electron chi connectivity index (χ2n) is 10.1. The number of hydrogen-bond acceptors (Lipinski definition) is 1. The molecule has 29 heavy (non-hydrogen) atoms. The van der Waals surface area contributed by atoms with E-state index < -0.39 is 24.5 Å². The van der Waals surface area contributed by atoms with Gasteiger partial charge in [-0.05, 0) is 37.0 Å². The largest absolute Gasteiger partial charge is 0.410 e. The second-order valence-corrected chi connectivity index (χ2v) is 25.6. The van der Waals surface area contributed by atoms with Gasteiger partial charge in [-0.1, -0.05) is 109 Å². The Morgan fingerprint density at radius 3 is 1.69 bits per heavy atom. The fraction of sp³-hybridized carbons (Fsp3) is 0.760. The molecule has 0 radical (unpaired) electrons. The molecule has 0 saturated carbocycles. The minimum atomic E-state index is -1.64. The highest BCUT2D eigenvalue weighted by molar-refractivity contribution is 6.86. The van der Waals surface area contributed by atoms with E-state index in [1.807, 2.05) is 0 Å². The van der Waals surface area contributed by atoms with Crippen molar-refractivity contribution in [2.75, 3.05) is 0 Å². The van der Waals surface area contributed by atoms with E-state index in [2.05, 4.69) is 86.5 Å². The third-order valence-corrected chi connectivity index (χ3v) is 19.0. The van der Waals surface area contributed by atoms with Gasteiger partial charge in [-0.25, -0.2) is 0 Å². The Morgan fingerprint density at radius 2 is 1.34 bits per heavy atom. The molecule has 0 aromatic heterocycles. The molecule has 0 aliphatic rings. The summed E-state index contributed by atoms with van der Waals surface area (Å²) >= 11 is 0. The molecule has 0 spiro atoms. The van der Waals surface area contributed by atoms with Gasteiger partial charge in [0, 0.05) is 8.07 Å². The highest BCUT2D eigenvalue weighted by atomic mass is 28.4. The molecule has 1 unspecified atom stereocenters. The first-order valence-corrected chi connectivity index (χ1v) is 21.0. The van der Waals surface area contributed by atoms with Crippen LogP contribution in [0.3, 0.4) is 0 Å². The number of hydrogen-bond donors (Lipinski definition) is 0. The summed E-state index contributed by atoms with van der Waals surface area (Å²) in [6.45, 7) is 30.2. The lowest BCUT2D eigenvalue weighted by Gasteiger charge is -2.36. The van der Waals surface area contributed by atoms with Crippen molar-refractivity contribution in [1.82, 2.24) is 0 Å². The molecule has 0 aliphatic carbocycles. The average Bonchev–Trinajstić information content (AvgIpc) is 2.66. The molecule has 1 nitrogen and oxygen atoms in total. The number of allylic oxidation sites excluding steroid dienone is 2. The van der Waals surface area contributed by atoms with Gasteiger partial charge in [-0.15, -0.1) is 6.58 Å². The van der Waals surface area contributed by atoms with E-state index in [1.165, 1.54) is 47.9 Å². The molecule has 0 aromatic carbocycles. The smallest absolute Gasteiger partial charge is 0.192 e. The van der Waals surface area contributed by atoms with Gasteiger partial charge < -0.3 is 4.43 Å². The molecule has 0 amide bonds. The van der Waals surface area contributed by atoms with Gasteiger partial charge in [0.15, 0.2) is 8.32 Å². The first-order chi connectivity index (χ1) is 13.5. The van der Waals surface area contributed by atoms with Crippen LogP contribution in [0.15, 0.2) is 36.1 Å². The number of rotatable bonds is 16. The van der Waals surface area contributed by atoms with Gasteiger partial charge in [-0.2, -0.15) is 0 Å². The predicted octanol–water partition coefficient (Wildman–Crippen LogP) is 9.21. The Hall–Kier alpha value is -0.169. The summed E-state index contributed by atoms with van der Waals surface area (Å²) in [5.74, 6) is 0. The van der Waals surface area contributed by atoms with Crippen molar-refractivity contribution in [1.29, 1.82) is 0 Å². The summed E-state index contributed by atoms with van der Waals surface area (Å²) in [7, 11) is -4.25. The van der Waals surface area contributed by atoms with Crippen molar-refractivity contribution in [2.24, 2.45) is 0 Å². The normalized spacial score (nSPS) is 14.7. The van der Waals surface area contributed by atoms with Crippen LogP contribution in [0.5, 0.6) is 0 Å². The van der Waals surface area contributed by atoms with Crippen LogP contribution in [0.2, 0.25) is 61.9 Å². The fourth-order valence-electron chi connectivity index (χ4n) is 4.80. The van der Waals surface area contributed by atoms with Crippen molar-refractivity contribution < 1.29 is 4.43 Å². The molecule has 0 bridgehead atoms. The monoisotopic (exact) mass is 452 g/mol. The van der Waals surface area contributed by atoms with Crippen LogP contribution in [-0.2, 0) is 4.43 Å². The van der Waals surface area contributed by atoms with Crippen LogP contribution in [0.4, 0.5) is 0 Å². The molecule has 0 aromatic rings. The Bertz CT molecular complexity index is 506. The summed E-state index contributed by atoms with van der Waals surface area (Å²) in [5, 5.41) is 1.71. The standard InChI is InChI=1S/C25H52OSi3/c1-12-19-24(26-29(16-5,17-6)18-7)21-25(28(13-2,14-3)15-4)20-23(8)22-27(9,10)11/h12,21,24H,1,8,13-20,22H2,2-7,9-11H3/b25-21+. The molecule has 0 N–H and O–H groups in total. The van der Waals surface area contributed by atoms with Gasteiger partial charge in [0.1, 0.15) is 0 Å². The van der Waals surface area contributed by atoms with Crippen molar-refractivity contribution in [3.05, 3.63) is 36.1 Å². The summed E-state index contributed by atoms with van der Waals surface area (Å²) < 4.78 is 6.96. The molecule has 0 aliphatic heterocycles. The van der Waals surface area contributed by atoms with Gasteiger partial charge in [0.05, 0.1) is 14.2 Å². The topological polar surface area (TPSA) is 9.23 Å². The molecule has 0 saturated heterocycles. The average molecular weight is 453 g/mol. The third-order valence-electron chi connectivity index (χ3n) is 7.05. The Morgan fingerprint density at radius 1 is 0.862 bits per heavy atom. The minimum absolute atomic E-state index is 0.199. The fourth-order valence-corrected chi connectivity index (χ4v) is 13.3. The quantitative estimate of drug-likeness (QED) is 0.167. The van der Waals surface area contributed by atoms with Gasteiger partial charge in [-0.3, -0.25) is 0 Å². The second kappa shape index (κ2) is 13.3. The SMILES string of the molecule is C=CCC(/C=C(\CC(=C)C[Si](C)(C)C)[Si](CC)(CC)CC)O[Si](CC)(CC)CC. The molecule has 4 heteroatoms. The molecule has 0 rings (SSSR count). The minimum Gasteiger partial charge on any atom is -0.410 e. The summed E-state index contributed by atoms with van der Waals surface area (Å²) in [6.07, 6.45) is 6.86. The lowest BCUT2D eigenvalue weighted by Crippen LogP contribution is -2.41. The van der Waals surface area contributed by atoms with Gasteiger partial charge in [0.2, 0.25) is 0 Å². The van der Waals surface area contributed by atoms with Crippen LogP contribution in [0.25, 0.3) is 0 Å². The van der Waals surface area contributed by atoms with Crippen LogP contribution in [0.1, 0.15) is 54.4 Å². The van der Waals surface area contributed by atoms with Crippen LogP contribution >= 0.6 is 0 Å². The Kier molecular flexibility index (Phi) is 13.2. The van der Waals surface area contributed by atoms with Crippen molar-refractivity contribution in [2.45, 2.75) is 122 Å². The zero-order chi connectivity index (χ0) is 22.7. The summed E-state index contributed by atoms with van der Waals surface area (Å²) in [6, 6.07) is 8.82. The maximum absolute atomic E-state index is 6.96. The van der Waals surface area contributed by atoms with E-state index >= 15 is 0 Å². The first kappa shape index (κ1) is 28.8. The predicted molar refractivity (Wildman–Crippen MR) is 144 cm³/mol. The zero-order valence-corrected chi connectivity index (χ0v) is 24.4. The molecular weight excluding hydrogens is 401 g/mol. The highest BCUT2D eigenvalue weighted by Crippen LogP contribution is 2.36. The van der Waals surface area contributed by atoms with Crippen molar-refractivity contribution >= 4 is 24.5 Å². The Balaban J connectivity index is 6.10. The maximum atomic E-state index is 6.96. The van der Waals surface area contributed by atoms with Crippen LogP contribution in [0, 0.1) is 0 Å². The van der Waals surface area contributed by atoms with E-state index in [-0.39, 0.29) is 6.10 Å². The highest BCUT2D eigenvalue weighted by Gasteiger charge is 2.35. The van der Waals surface area contributed by atoms with Crippen molar-refractivity contribution in [3.63, 3.8) is 0 Å². The molecule has 0 heterocycles. The van der Waals surface area contributed by atoms with Gasteiger partial charge in [0.25, 0.3) is 0 Å². The van der Waals surface area contributed by atoms with Crippen LogP contribution in [-0.4, -0.2) is 30.6 Å². The summed E-state index contributed by atoms with van der Waals surface area (Å²) in [4.78, 5) is 0. The zero-order valence-electron chi connectivity index (χ0n) is 21.4. The lowest BCUT2D eigenvalue weighted by atomic mass is 10.1. The van der Waals surface area contributed by atoms with E-state index in [0.29, 0.717) is 0 Å². The van der Waals surface area contributed by atoms with E-state index in [4.69, 9.17) is 4.43 Å². The van der Waals surface area contributed by atoms with E-state index in [9.17, 15) is 0 Å². The molecular formula is C25H52OSi3. The summed E-state index contributed by atoms with van der Waals surface area (Å²) in [5.41, 5.74) is 1.45. The van der Waals surface area contributed by atoms with E-state index in [0.717, 1.165) is 12.8 Å². The molecule has 0 fully saturated rings. The molecule has 1 atom stereocenters. The van der Waals surface area contributed by atoms with Gasteiger partial charge >= 0.3 is 0 Å². The maximum Gasteiger partial charge on any atom is 0.192 e. The Labute approximate surface area is 187 Å². The molecule has 170 valence electrons. The lowest BCUT2D eigenvalue weighted by molar-refractivity contribution is 0.235. The first-order valence-electron chi connectivity index (χ1n) is 12.2. The third kappa shape index (κ3) is 9.24. The van der Waals surface area contributed by atoms with Crippen molar-refractivity contribution in [3.8, 4) is 0 Å². The van der Waals surface area contributed by atoms with E-state index in [1.54, 1.807) is 5.20 Å². The van der Waals surface area contributed by atoms with Crippen LogP contribution < -0.4 is 0 Å².